The van der Waals surface area contributed by atoms with Gasteiger partial charge >= 0.3 is 0 Å². The number of hydrazine groups is 1. The van der Waals surface area contributed by atoms with Crippen molar-refractivity contribution in [3.63, 3.8) is 0 Å². The Balaban J connectivity index is 1.36. The molecule has 1 aliphatic heterocycles. The van der Waals surface area contributed by atoms with Crippen LogP contribution in [0.2, 0.25) is 5.02 Å². The number of ether oxygens (including phenoxy) is 1. The Bertz CT molecular complexity index is 1790. The van der Waals surface area contributed by atoms with E-state index in [-0.39, 0.29) is 18.0 Å². The van der Waals surface area contributed by atoms with Gasteiger partial charge in [-0.05, 0) is 48.0 Å². The van der Waals surface area contributed by atoms with Crippen LogP contribution in [0.25, 0.3) is 27.3 Å². The minimum atomic E-state index is -0.717. The van der Waals surface area contributed by atoms with Gasteiger partial charge in [0, 0.05) is 20.4 Å². The van der Waals surface area contributed by atoms with E-state index in [1.807, 2.05) is 47.8 Å². The molecule has 40 heavy (non-hydrogen) atoms. The Kier molecular flexibility index (Phi) is 7.37. The van der Waals surface area contributed by atoms with Gasteiger partial charge in [0.1, 0.15) is 17.0 Å². The number of carbonyl (C=O) groups excluding carboxylic acids is 1. The third-order valence-corrected chi connectivity index (χ3v) is 8.61. The molecule has 1 fully saturated rings. The van der Waals surface area contributed by atoms with E-state index in [0.717, 1.165) is 15.6 Å². The molecule has 6 rings (SSSR count). The molecule has 0 saturated carbocycles. The Morgan fingerprint density at radius 3 is 2.52 bits per heavy atom. The molecule has 2 aromatic heterocycles. The Labute approximate surface area is 251 Å². The summed E-state index contributed by atoms with van der Waals surface area (Å²) in [5.41, 5.74) is 5.85. The van der Waals surface area contributed by atoms with E-state index < -0.39 is 11.4 Å². The van der Waals surface area contributed by atoms with E-state index in [4.69, 9.17) is 37.9 Å². The van der Waals surface area contributed by atoms with Gasteiger partial charge in [0.05, 0.1) is 36.3 Å². The zero-order valence-corrected chi connectivity index (χ0v) is 24.8. The fourth-order valence-corrected chi connectivity index (χ4v) is 6.25. The second-order valence-electron chi connectivity index (χ2n) is 9.02. The number of β-lactam (4-membered cyclic amide) rings is 1. The molecular weight excluding hydrogens is 637 g/mol. The summed E-state index contributed by atoms with van der Waals surface area (Å²) in [7, 11) is 1.59. The molecule has 2 unspecified atom stereocenters. The lowest BCUT2D eigenvalue weighted by Crippen LogP contribution is -2.61. The highest BCUT2D eigenvalue weighted by molar-refractivity contribution is 9.10. The molecule has 202 valence electrons. The number of nitrogens with zero attached hydrogens (tertiary/aromatic N) is 4. The smallest absolute Gasteiger partial charge is 0.267 e. The summed E-state index contributed by atoms with van der Waals surface area (Å²) in [4.78, 5) is 36.1. The predicted molar refractivity (Wildman–Crippen MR) is 160 cm³/mol. The number of benzene rings is 3. The third-order valence-electron chi connectivity index (χ3n) is 6.62. The number of amides is 1. The maximum atomic E-state index is 13.8. The van der Waals surface area contributed by atoms with E-state index in [1.165, 1.54) is 20.9 Å². The largest absolute Gasteiger partial charge is 0.497 e. The summed E-state index contributed by atoms with van der Waals surface area (Å²) in [5, 5.41) is 4.16. The minimum Gasteiger partial charge on any atom is -0.497 e. The number of aromatic nitrogens is 3. The number of halogens is 3. The van der Waals surface area contributed by atoms with Gasteiger partial charge in [0.2, 0.25) is 0 Å². The van der Waals surface area contributed by atoms with E-state index in [0.29, 0.717) is 38.3 Å². The van der Waals surface area contributed by atoms with Crippen LogP contribution in [0.5, 0.6) is 5.75 Å². The van der Waals surface area contributed by atoms with Gasteiger partial charge in [-0.25, -0.2) is 20.0 Å². The molecule has 3 heterocycles. The number of carbonyl (C=O) groups is 1. The molecule has 3 aromatic carbocycles. The summed E-state index contributed by atoms with van der Waals surface area (Å²) < 4.78 is 7.49. The Morgan fingerprint density at radius 1 is 1.05 bits per heavy atom. The van der Waals surface area contributed by atoms with E-state index in [1.54, 1.807) is 31.4 Å². The summed E-state index contributed by atoms with van der Waals surface area (Å²) in [6.45, 7) is 0.0824. The summed E-state index contributed by atoms with van der Waals surface area (Å²) in [6.07, 6.45) is 0. The van der Waals surface area contributed by atoms with Crippen LogP contribution in [0.4, 0.5) is 0 Å². The quantitative estimate of drug-likeness (QED) is 0.168. The number of hydrogen-bond donors (Lipinski definition) is 1. The fourth-order valence-electron chi connectivity index (χ4n) is 4.54. The lowest BCUT2D eigenvalue weighted by atomic mass is 9.95. The summed E-state index contributed by atoms with van der Waals surface area (Å²) >= 11 is 17.2. The lowest BCUT2D eigenvalue weighted by Gasteiger charge is -2.44. The van der Waals surface area contributed by atoms with Crippen molar-refractivity contribution in [3.8, 4) is 22.1 Å². The van der Waals surface area contributed by atoms with E-state index in [9.17, 15) is 9.59 Å². The van der Waals surface area contributed by atoms with Crippen molar-refractivity contribution >= 4 is 67.3 Å². The Hall–Kier alpha value is -3.28. The maximum absolute atomic E-state index is 13.8. The average Bonchev–Trinajstić information content (AvgIpc) is 3.45. The molecule has 12 heteroatoms. The number of nitrogens with one attached hydrogen (secondary N) is 1. The summed E-state index contributed by atoms with van der Waals surface area (Å²) in [5.74, 6) is 0.842. The first-order chi connectivity index (χ1) is 19.3. The monoisotopic (exact) mass is 655 g/mol. The standard InChI is InChI=1S/C28H20BrCl2N5O3S/c1-39-19-9-4-16(5-10-19)25-24(31)27(38)36(25)32-13-23-33-21-11-6-17(29)12-20(21)26(37)35(23)28-34-22(14-40-28)15-2-7-18(30)8-3-15/h2-12,14,24-25,32H,13H2,1H3. The summed E-state index contributed by atoms with van der Waals surface area (Å²) in [6, 6.07) is 19.7. The highest BCUT2D eigenvalue weighted by Gasteiger charge is 2.47. The Morgan fingerprint density at radius 2 is 1.80 bits per heavy atom. The average molecular weight is 657 g/mol. The number of alkyl halides is 1. The molecule has 0 radical (unpaired) electrons. The van der Waals surface area contributed by atoms with Crippen LogP contribution >= 0.6 is 50.5 Å². The number of hydrogen-bond acceptors (Lipinski definition) is 7. The van der Waals surface area contributed by atoms with Crippen molar-refractivity contribution in [2.24, 2.45) is 0 Å². The molecule has 0 aliphatic carbocycles. The highest BCUT2D eigenvalue weighted by Crippen LogP contribution is 2.37. The van der Waals surface area contributed by atoms with Crippen molar-refractivity contribution in [2.45, 2.75) is 18.0 Å². The maximum Gasteiger partial charge on any atom is 0.267 e. The number of methoxy groups -OCH3 is 1. The zero-order chi connectivity index (χ0) is 28.0. The lowest BCUT2D eigenvalue weighted by molar-refractivity contribution is -0.151. The van der Waals surface area contributed by atoms with Gasteiger partial charge < -0.3 is 4.74 Å². The zero-order valence-electron chi connectivity index (χ0n) is 20.8. The molecule has 8 nitrogen and oxygen atoms in total. The van der Waals surface area contributed by atoms with E-state index in [2.05, 4.69) is 21.4 Å². The number of fused-ring (bicyclic) bond motifs is 1. The molecule has 1 N–H and O–H groups in total. The van der Waals surface area contributed by atoms with Crippen LogP contribution < -0.4 is 15.7 Å². The van der Waals surface area contributed by atoms with Crippen molar-refractivity contribution in [1.82, 2.24) is 25.0 Å². The predicted octanol–water partition coefficient (Wildman–Crippen LogP) is 6.13. The van der Waals surface area contributed by atoms with Gasteiger partial charge in [0.25, 0.3) is 11.5 Å². The topological polar surface area (TPSA) is 89.4 Å². The first kappa shape index (κ1) is 26.9. The first-order valence-corrected chi connectivity index (χ1v) is 14.6. The van der Waals surface area contributed by atoms with E-state index >= 15 is 0 Å². The fraction of sp³-hybridized carbons (Fsp3) is 0.143. The van der Waals surface area contributed by atoms with Crippen LogP contribution in [-0.4, -0.2) is 37.9 Å². The van der Waals surface area contributed by atoms with Gasteiger partial charge in [-0.15, -0.1) is 22.9 Å². The second kappa shape index (κ2) is 10.9. The second-order valence-corrected chi connectivity index (χ2v) is 11.7. The third kappa shape index (κ3) is 4.90. The van der Waals surface area contributed by atoms with Crippen molar-refractivity contribution in [1.29, 1.82) is 0 Å². The molecule has 1 saturated heterocycles. The van der Waals surface area contributed by atoms with Crippen LogP contribution in [0, 0.1) is 0 Å². The minimum absolute atomic E-state index is 0.0824. The molecule has 0 spiro atoms. The molecule has 0 bridgehead atoms. The normalized spacial score (nSPS) is 16.8. The number of rotatable bonds is 7. The molecule has 1 aliphatic rings. The molecule has 5 aromatic rings. The SMILES string of the molecule is COc1ccc(C2C(Cl)C(=O)N2NCc2nc3ccc(Br)cc3c(=O)n2-c2nc(-c3ccc(Cl)cc3)cs2)cc1. The van der Waals surface area contributed by atoms with Crippen molar-refractivity contribution in [2.75, 3.05) is 7.11 Å². The van der Waals surface area contributed by atoms with Gasteiger partial charge in [0.15, 0.2) is 5.13 Å². The highest BCUT2D eigenvalue weighted by atomic mass is 79.9. The van der Waals surface area contributed by atoms with Crippen molar-refractivity contribution < 1.29 is 9.53 Å². The van der Waals surface area contributed by atoms with Gasteiger partial charge in [-0.1, -0.05) is 51.8 Å². The first-order valence-electron chi connectivity index (χ1n) is 12.1. The van der Waals surface area contributed by atoms with Crippen LogP contribution in [0.3, 0.4) is 0 Å². The van der Waals surface area contributed by atoms with Crippen molar-refractivity contribution in [3.05, 3.63) is 103 Å². The molecule has 1 amide bonds. The van der Waals surface area contributed by atoms with Gasteiger partial charge in [-0.3, -0.25) is 14.6 Å². The van der Waals surface area contributed by atoms with Crippen LogP contribution in [0.15, 0.2) is 81.4 Å². The molecular formula is C28H20BrCl2N5O3S. The van der Waals surface area contributed by atoms with Crippen LogP contribution in [0.1, 0.15) is 17.4 Å². The number of thiazole rings is 1. The molecule has 2 atom stereocenters. The van der Waals surface area contributed by atoms with Crippen LogP contribution in [-0.2, 0) is 11.3 Å². The van der Waals surface area contributed by atoms with Gasteiger partial charge in [-0.2, -0.15) is 0 Å².